The molecule has 0 unspecified atom stereocenters. The lowest BCUT2D eigenvalue weighted by molar-refractivity contribution is -0.137. The first kappa shape index (κ1) is 21.9. The molecule has 0 saturated heterocycles. The number of carbonyl (C=O) groups is 2. The van der Waals surface area contributed by atoms with Gasteiger partial charge in [0.05, 0.1) is 17.8 Å². The molecule has 162 valence electrons. The monoisotopic (exact) mass is 434 g/mol. The summed E-state index contributed by atoms with van der Waals surface area (Å²) in [5.41, 5.74) is -1.62. The number of para-hydroxylation sites is 1. The molecule has 31 heavy (non-hydrogen) atoms. The van der Waals surface area contributed by atoms with Crippen LogP contribution in [0.15, 0.2) is 63.8 Å². The van der Waals surface area contributed by atoms with E-state index in [9.17, 15) is 27.6 Å². The van der Waals surface area contributed by atoms with E-state index in [0.29, 0.717) is 5.39 Å². The average molecular weight is 434 g/mol. The lowest BCUT2D eigenvalue weighted by Gasteiger charge is -2.18. The van der Waals surface area contributed by atoms with Crippen molar-refractivity contribution < 1.29 is 31.9 Å². The van der Waals surface area contributed by atoms with Crippen molar-refractivity contribution >= 4 is 28.5 Å². The Labute approximate surface area is 174 Å². The molecular formula is C21H17F3N2O5. The first-order chi connectivity index (χ1) is 14.6. The molecule has 0 saturated carbocycles. The Morgan fingerprint density at radius 2 is 1.81 bits per heavy atom. The van der Waals surface area contributed by atoms with Gasteiger partial charge in [0, 0.05) is 24.6 Å². The van der Waals surface area contributed by atoms with Crippen LogP contribution in [0.2, 0.25) is 0 Å². The first-order valence-electron chi connectivity index (χ1n) is 9.00. The number of nitrogens with zero attached hydrogens (tertiary/aromatic N) is 1. The second-order valence-electron chi connectivity index (χ2n) is 6.58. The van der Waals surface area contributed by atoms with Crippen LogP contribution in [0.1, 0.15) is 5.56 Å². The zero-order chi connectivity index (χ0) is 22.6. The highest BCUT2D eigenvalue weighted by Gasteiger charge is 2.33. The van der Waals surface area contributed by atoms with Crippen LogP contribution in [0, 0.1) is 0 Å². The fourth-order valence-electron chi connectivity index (χ4n) is 2.72. The summed E-state index contributed by atoms with van der Waals surface area (Å²) < 4.78 is 49.4. The minimum atomic E-state index is -4.63. The predicted octanol–water partition coefficient (Wildman–Crippen LogP) is 3.29. The molecule has 0 bridgehead atoms. The SMILES string of the molecule is CN(CC(=O)Nc1ccccc1C(F)(F)F)C(=O)COc1ccc2ccc(=O)oc2c1. The number of rotatable bonds is 6. The molecule has 2 aromatic carbocycles. The molecule has 1 N–H and O–H groups in total. The highest BCUT2D eigenvalue weighted by molar-refractivity contribution is 5.95. The summed E-state index contributed by atoms with van der Waals surface area (Å²) in [6.45, 7) is -0.896. The Kier molecular flexibility index (Phi) is 6.28. The van der Waals surface area contributed by atoms with Crippen LogP contribution in [0.4, 0.5) is 18.9 Å². The van der Waals surface area contributed by atoms with Gasteiger partial charge in [-0.1, -0.05) is 12.1 Å². The molecule has 3 rings (SSSR count). The van der Waals surface area contributed by atoms with Crippen molar-refractivity contribution in [3.05, 3.63) is 70.6 Å². The molecule has 0 atom stereocenters. The van der Waals surface area contributed by atoms with E-state index in [-0.39, 0.29) is 11.3 Å². The third-order valence-corrected chi connectivity index (χ3v) is 4.27. The molecular weight excluding hydrogens is 417 g/mol. The molecule has 3 aromatic rings. The number of fused-ring (bicyclic) bond motifs is 1. The summed E-state index contributed by atoms with van der Waals surface area (Å²) in [6, 6.07) is 12.1. The van der Waals surface area contributed by atoms with E-state index in [1.54, 1.807) is 18.2 Å². The van der Waals surface area contributed by atoms with Crippen LogP contribution < -0.4 is 15.7 Å². The molecule has 0 aliphatic carbocycles. The molecule has 0 aliphatic rings. The predicted molar refractivity (Wildman–Crippen MR) is 106 cm³/mol. The molecule has 1 aromatic heterocycles. The van der Waals surface area contributed by atoms with E-state index >= 15 is 0 Å². The maximum atomic E-state index is 13.0. The first-order valence-corrected chi connectivity index (χ1v) is 9.00. The van der Waals surface area contributed by atoms with E-state index in [1.165, 1.54) is 31.3 Å². The number of nitrogens with one attached hydrogen (secondary N) is 1. The van der Waals surface area contributed by atoms with E-state index in [2.05, 4.69) is 5.32 Å². The highest BCUT2D eigenvalue weighted by Crippen LogP contribution is 2.34. The van der Waals surface area contributed by atoms with Crippen molar-refractivity contribution in [2.24, 2.45) is 0 Å². The van der Waals surface area contributed by atoms with Crippen molar-refractivity contribution in [3.63, 3.8) is 0 Å². The summed E-state index contributed by atoms with van der Waals surface area (Å²) in [5, 5.41) is 2.84. The second kappa shape index (κ2) is 8.90. The quantitative estimate of drug-likeness (QED) is 0.602. The molecule has 0 fully saturated rings. The minimum Gasteiger partial charge on any atom is -0.484 e. The van der Waals surface area contributed by atoms with Crippen LogP contribution in [-0.4, -0.2) is 36.9 Å². The number of amides is 2. The Morgan fingerprint density at radius 3 is 2.55 bits per heavy atom. The maximum Gasteiger partial charge on any atom is 0.418 e. The minimum absolute atomic E-state index is 0.271. The van der Waals surface area contributed by atoms with Crippen molar-refractivity contribution in [2.45, 2.75) is 6.18 Å². The van der Waals surface area contributed by atoms with E-state index < -0.39 is 48.0 Å². The van der Waals surface area contributed by atoms with E-state index in [1.807, 2.05) is 0 Å². The number of likely N-dealkylation sites (N-methyl/N-ethyl adjacent to an activating group) is 1. The third-order valence-electron chi connectivity index (χ3n) is 4.27. The van der Waals surface area contributed by atoms with Crippen molar-refractivity contribution in [1.29, 1.82) is 0 Å². The molecule has 7 nitrogen and oxygen atoms in total. The fraction of sp³-hybridized carbons (Fsp3) is 0.190. The number of carbonyl (C=O) groups excluding carboxylic acids is 2. The lowest BCUT2D eigenvalue weighted by atomic mass is 10.1. The normalized spacial score (nSPS) is 11.2. The lowest BCUT2D eigenvalue weighted by Crippen LogP contribution is -2.37. The summed E-state index contributed by atoms with van der Waals surface area (Å²) in [4.78, 5) is 36.6. The van der Waals surface area contributed by atoms with Crippen molar-refractivity contribution in [2.75, 3.05) is 25.5 Å². The third kappa shape index (κ3) is 5.62. The summed E-state index contributed by atoms with van der Waals surface area (Å²) in [6.07, 6.45) is -4.63. The Morgan fingerprint density at radius 1 is 1.10 bits per heavy atom. The van der Waals surface area contributed by atoms with Crippen LogP contribution >= 0.6 is 0 Å². The number of benzene rings is 2. The number of hydrogen-bond acceptors (Lipinski definition) is 5. The van der Waals surface area contributed by atoms with Crippen LogP contribution in [0.3, 0.4) is 0 Å². The van der Waals surface area contributed by atoms with Gasteiger partial charge in [-0.2, -0.15) is 13.2 Å². The molecule has 0 aliphatic heterocycles. The molecule has 10 heteroatoms. The summed E-state index contributed by atoms with van der Waals surface area (Å²) in [7, 11) is 1.32. The van der Waals surface area contributed by atoms with E-state index in [4.69, 9.17) is 9.15 Å². The molecule has 2 amide bonds. The van der Waals surface area contributed by atoms with Gasteiger partial charge in [-0.25, -0.2) is 4.79 Å². The maximum absolute atomic E-state index is 13.0. The number of hydrogen-bond donors (Lipinski definition) is 1. The van der Waals surface area contributed by atoms with Gasteiger partial charge in [-0.05, 0) is 30.3 Å². The number of halogens is 3. The zero-order valence-corrected chi connectivity index (χ0v) is 16.2. The Bertz CT molecular complexity index is 1170. The zero-order valence-electron chi connectivity index (χ0n) is 16.2. The topological polar surface area (TPSA) is 88.9 Å². The van der Waals surface area contributed by atoms with Gasteiger partial charge in [0.25, 0.3) is 5.91 Å². The Hall–Kier alpha value is -3.82. The number of anilines is 1. The van der Waals surface area contributed by atoms with Gasteiger partial charge in [0.2, 0.25) is 5.91 Å². The Balaban J connectivity index is 1.57. The largest absolute Gasteiger partial charge is 0.484 e. The standard InChI is InChI=1S/C21H17F3N2O5/c1-26(11-18(27)25-16-5-3-2-4-15(16)21(22,23)24)19(28)12-30-14-8-6-13-7-9-20(29)31-17(13)10-14/h2-10H,11-12H2,1H3,(H,25,27). The van der Waals surface area contributed by atoms with E-state index in [0.717, 1.165) is 17.0 Å². The molecule has 1 heterocycles. The highest BCUT2D eigenvalue weighted by atomic mass is 19.4. The molecule has 0 spiro atoms. The summed E-state index contributed by atoms with van der Waals surface area (Å²) >= 11 is 0. The van der Waals surface area contributed by atoms with Gasteiger partial charge >= 0.3 is 11.8 Å². The van der Waals surface area contributed by atoms with Crippen molar-refractivity contribution in [1.82, 2.24) is 4.90 Å². The van der Waals surface area contributed by atoms with Gasteiger partial charge in [-0.15, -0.1) is 0 Å². The van der Waals surface area contributed by atoms with Gasteiger partial charge in [-0.3, -0.25) is 9.59 Å². The fourth-order valence-corrected chi connectivity index (χ4v) is 2.72. The van der Waals surface area contributed by atoms with Gasteiger partial charge < -0.3 is 19.4 Å². The second-order valence-corrected chi connectivity index (χ2v) is 6.58. The smallest absolute Gasteiger partial charge is 0.418 e. The molecule has 0 radical (unpaired) electrons. The van der Waals surface area contributed by atoms with Crippen molar-refractivity contribution in [3.8, 4) is 5.75 Å². The average Bonchev–Trinajstić information content (AvgIpc) is 2.71. The number of alkyl halides is 3. The number of ether oxygens (including phenoxy) is 1. The van der Waals surface area contributed by atoms with Crippen LogP contribution in [0.25, 0.3) is 11.0 Å². The van der Waals surface area contributed by atoms with Gasteiger partial charge in [0.1, 0.15) is 11.3 Å². The van der Waals surface area contributed by atoms with Crippen LogP contribution in [-0.2, 0) is 15.8 Å². The summed E-state index contributed by atoms with van der Waals surface area (Å²) in [5.74, 6) is -1.10. The van der Waals surface area contributed by atoms with Gasteiger partial charge in [0.15, 0.2) is 6.61 Å². The van der Waals surface area contributed by atoms with Crippen LogP contribution in [0.5, 0.6) is 5.75 Å².